The molecule has 1 radical (unpaired) electrons. The van der Waals surface area contributed by atoms with Crippen LogP contribution >= 0.6 is 6.46 Å². The van der Waals surface area contributed by atoms with Crippen molar-refractivity contribution in [2.75, 3.05) is 18.6 Å². The van der Waals surface area contributed by atoms with E-state index in [1.54, 1.807) is 12.1 Å². The molecule has 0 bridgehead atoms. The average molecular weight is 395 g/mol. The fourth-order valence-electron chi connectivity index (χ4n) is 2.58. The van der Waals surface area contributed by atoms with Crippen LogP contribution in [0.4, 0.5) is 5.69 Å². The topological polar surface area (TPSA) is 52.9 Å². The van der Waals surface area contributed by atoms with Crippen molar-refractivity contribution in [3.8, 4) is 6.07 Å². The summed E-state index contributed by atoms with van der Waals surface area (Å²) in [5.41, 5.74) is 3.29. The van der Waals surface area contributed by atoms with E-state index in [2.05, 4.69) is 11.4 Å². The Hall–Kier alpha value is 0.0639. The third kappa shape index (κ3) is 3.70. The molecule has 0 spiro atoms. The molecule has 1 saturated carbocycles. The third-order valence-electron chi connectivity index (χ3n) is 4.08. The van der Waals surface area contributed by atoms with Crippen LogP contribution in [0.2, 0.25) is 0 Å². The Morgan fingerprint density at radius 2 is 1.81 bits per heavy atom. The van der Waals surface area contributed by atoms with Gasteiger partial charge in [0, 0.05) is 51.7 Å². The molecule has 21 heavy (non-hydrogen) atoms. The Morgan fingerprint density at radius 1 is 1.33 bits per heavy atom. The van der Waals surface area contributed by atoms with E-state index >= 15 is 0 Å². The molecule has 2 rings (SSSR count). The number of carbonyl (C=O) groups is 1. The fraction of sp³-hybridized carbons (Fsp3) is 0.467. The van der Waals surface area contributed by atoms with E-state index in [0.29, 0.717) is 5.56 Å². The van der Waals surface area contributed by atoms with Gasteiger partial charge in [0.05, 0.1) is 11.6 Å². The first-order valence-electron chi connectivity index (χ1n) is 6.59. The van der Waals surface area contributed by atoms with E-state index in [9.17, 15) is 4.79 Å². The van der Waals surface area contributed by atoms with Crippen LogP contribution in [0.3, 0.4) is 0 Å². The molecule has 1 aliphatic carbocycles. The summed E-state index contributed by atoms with van der Waals surface area (Å²) in [6.45, 7) is 6.30. The molecular weight excluding hydrogens is 376 g/mol. The molecule has 1 amide bonds. The molecule has 0 unspecified atom stereocenters. The van der Waals surface area contributed by atoms with Gasteiger partial charge >= 0.3 is 0 Å². The van der Waals surface area contributed by atoms with Gasteiger partial charge in [0.25, 0.3) is 5.91 Å². The molecule has 0 saturated heterocycles. The van der Waals surface area contributed by atoms with Gasteiger partial charge in [-0.1, -0.05) is 6.46 Å². The van der Waals surface area contributed by atoms with Gasteiger partial charge in [-0.3, -0.25) is 4.79 Å². The number of carbonyl (C=O) groups excluding carboxylic acids is 1. The van der Waals surface area contributed by atoms with Gasteiger partial charge in [-0.15, -0.1) is 0 Å². The molecule has 0 atom stereocenters. The zero-order chi connectivity index (χ0) is 15.1. The van der Waals surface area contributed by atoms with E-state index in [-0.39, 0.29) is 43.8 Å². The summed E-state index contributed by atoms with van der Waals surface area (Å²) in [4.78, 5) is 12.6. The summed E-state index contributed by atoms with van der Waals surface area (Å²) in [5, 5.41) is 11.7. The first kappa shape index (κ1) is 19.1. The minimum absolute atomic E-state index is 0. The molecule has 1 fully saturated rings. The van der Waals surface area contributed by atoms with Gasteiger partial charge in [-0.25, -0.2) is 0 Å². The molecule has 0 aromatic heterocycles. The van der Waals surface area contributed by atoms with Crippen LogP contribution in [0.1, 0.15) is 29.5 Å². The molecule has 1 aliphatic rings. The van der Waals surface area contributed by atoms with Gasteiger partial charge in [0.2, 0.25) is 0 Å². The standard InChI is InChI=1S/C15H19N2OPS.Y/c1-10-7-12(9-16)8-11(2)13(10)17-14(18)15(5-6-15)19(3,4)20;/h7-8H,5-6H2,1-4H3,(H,17,18);. The third-order valence-corrected chi connectivity index (χ3v) is 7.84. The van der Waals surface area contributed by atoms with E-state index < -0.39 is 6.46 Å². The molecule has 1 N–H and O–H groups in total. The monoisotopic (exact) mass is 395 g/mol. The molecule has 3 nitrogen and oxygen atoms in total. The summed E-state index contributed by atoms with van der Waals surface area (Å²) in [6.07, 6.45) is 1.80. The fourth-order valence-corrected chi connectivity index (χ4v) is 5.11. The molecule has 1 aromatic carbocycles. The summed E-state index contributed by atoms with van der Waals surface area (Å²) in [7, 11) is 0. The van der Waals surface area contributed by atoms with Crippen molar-refractivity contribution in [2.45, 2.75) is 31.8 Å². The second-order valence-electron chi connectivity index (χ2n) is 5.93. The zero-order valence-electron chi connectivity index (χ0n) is 12.9. The van der Waals surface area contributed by atoms with Gasteiger partial charge < -0.3 is 17.6 Å². The molecule has 1 aromatic rings. The van der Waals surface area contributed by atoms with Crippen LogP contribution in [0, 0.1) is 25.2 Å². The number of anilines is 1. The Bertz CT molecular complexity index is 592. The maximum atomic E-state index is 12.6. The number of nitrogens with zero attached hydrogens (tertiary/aromatic N) is 1. The molecule has 109 valence electrons. The van der Waals surface area contributed by atoms with E-state index in [4.69, 9.17) is 17.5 Å². The first-order valence-corrected chi connectivity index (χ1v) is 10.3. The molecule has 6 heteroatoms. The minimum atomic E-state index is -1.63. The van der Waals surface area contributed by atoms with Crippen LogP contribution in [-0.4, -0.2) is 24.4 Å². The number of rotatable bonds is 3. The van der Waals surface area contributed by atoms with Crippen LogP contribution in [0.5, 0.6) is 0 Å². The summed E-state index contributed by atoms with van der Waals surface area (Å²) >= 11 is 5.59. The number of benzene rings is 1. The van der Waals surface area contributed by atoms with E-state index in [0.717, 1.165) is 29.7 Å². The summed E-state index contributed by atoms with van der Waals surface area (Å²) < 4.78 is 0. The Kier molecular flexibility index (Phi) is 6.07. The predicted octanol–water partition coefficient (Wildman–Crippen LogP) is 3.38. The van der Waals surface area contributed by atoms with Crippen molar-refractivity contribution in [3.05, 3.63) is 28.8 Å². The summed E-state index contributed by atoms with van der Waals surface area (Å²) in [5.74, 6) is 0.0572. The van der Waals surface area contributed by atoms with Crippen molar-refractivity contribution in [1.82, 2.24) is 0 Å². The Labute approximate surface area is 157 Å². The quantitative estimate of drug-likeness (QED) is 0.631. The number of nitrogens with one attached hydrogen (secondary N) is 1. The number of nitriles is 1. The van der Waals surface area contributed by atoms with Crippen molar-refractivity contribution in [3.63, 3.8) is 0 Å². The SMILES string of the molecule is Cc1cc(C#N)cc(C)c1NC(=O)C1([P+](C)(C)[S-])CC1.[Y]. The Morgan fingerprint density at radius 3 is 2.14 bits per heavy atom. The predicted molar refractivity (Wildman–Crippen MR) is 87.4 cm³/mol. The second-order valence-corrected chi connectivity index (χ2v) is 12.2. The van der Waals surface area contributed by atoms with Gasteiger partial charge in [0.1, 0.15) is 5.16 Å². The van der Waals surface area contributed by atoms with Crippen LogP contribution in [-0.2, 0) is 49.8 Å². The van der Waals surface area contributed by atoms with Crippen LogP contribution in [0.25, 0.3) is 0 Å². The van der Waals surface area contributed by atoms with Crippen molar-refractivity contribution in [1.29, 1.82) is 5.26 Å². The van der Waals surface area contributed by atoms with Gasteiger partial charge in [-0.05, 0) is 49.9 Å². The molecule has 0 aliphatic heterocycles. The van der Waals surface area contributed by atoms with Crippen molar-refractivity contribution in [2.24, 2.45) is 0 Å². The van der Waals surface area contributed by atoms with Crippen LogP contribution in [0.15, 0.2) is 12.1 Å². The summed E-state index contributed by atoms with van der Waals surface area (Å²) in [6, 6.07) is 5.74. The zero-order valence-corrected chi connectivity index (χ0v) is 17.4. The largest absolute Gasteiger partial charge is 0.556 e. The van der Waals surface area contributed by atoms with E-state index in [1.807, 2.05) is 27.2 Å². The first-order chi connectivity index (χ1) is 9.21. The smallest absolute Gasteiger partial charge is 0.266 e. The number of hydrogen-bond donors (Lipinski definition) is 1. The second kappa shape index (κ2) is 6.67. The molecule has 0 heterocycles. The average Bonchev–Trinajstić information content (AvgIpc) is 3.13. The molecular formula is C15H19N2OPSY. The van der Waals surface area contributed by atoms with Gasteiger partial charge in [-0.2, -0.15) is 5.26 Å². The number of amides is 1. The Balaban J connectivity index is 0.00000220. The normalized spacial score (nSPS) is 15.6. The number of hydrogen-bond acceptors (Lipinski definition) is 3. The minimum Gasteiger partial charge on any atom is -0.556 e. The number of aryl methyl sites for hydroxylation is 2. The maximum Gasteiger partial charge on any atom is 0.266 e. The van der Waals surface area contributed by atoms with Crippen molar-refractivity contribution < 1.29 is 37.5 Å². The van der Waals surface area contributed by atoms with Crippen LogP contribution < -0.4 is 5.32 Å². The van der Waals surface area contributed by atoms with Gasteiger partial charge in [0.15, 0.2) is 0 Å². The van der Waals surface area contributed by atoms with Crippen molar-refractivity contribution >= 4 is 30.3 Å². The maximum absolute atomic E-state index is 12.6. The van der Waals surface area contributed by atoms with E-state index in [1.165, 1.54) is 0 Å².